The summed E-state index contributed by atoms with van der Waals surface area (Å²) in [6.07, 6.45) is 17.4. The molecule has 4 aliphatic rings. The first-order valence-electron chi connectivity index (χ1n) is 10.6. The van der Waals surface area contributed by atoms with Crippen LogP contribution in [0.2, 0.25) is 0 Å². The summed E-state index contributed by atoms with van der Waals surface area (Å²) in [5.41, 5.74) is 4.78. The third-order valence-corrected chi connectivity index (χ3v) is 7.80. The fraction of sp³-hybridized carbons (Fsp3) is 0.783. The van der Waals surface area contributed by atoms with Gasteiger partial charge in [-0.05, 0) is 62.0 Å². The topological polar surface area (TPSA) is 17.1 Å². The molecule has 0 N–H and O–H groups in total. The third-order valence-electron chi connectivity index (χ3n) is 7.80. The zero-order valence-electron chi connectivity index (χ0n) is 15.6. The number of ketones is 1. The molecule has 4 aliphatic carbocycles. The van der Waals surface area contributed by atoms with E-state index >= 15 is 0 Å². The highest BCUT2D eigenvalue weighted by molar-refractivity contribution is 5.95. The zero-order valence-corrected chi connectivity index (χ0v) is 15.6. The van der Waals surface area contributed by atoms with Crippen LogP contribution in [0.15, 0.2) is 23.3 Å². The monoisotopic (exact) mass is 326 g/mol. The van der Waals surface area contributed by atoms with Crippen molar-refractivity contribution in [2.24, 2.45) is 16.7 Å². The molecule has 0 unspecified atom stereocenters. The number of allylic oxidation sites excluding steroid dienone is 3. The van der Waals surface area contributed by atoms with E-state index in [4.69, 9.17) is 0 Å². The number of hydrogen-bond donors (Lipinski definition) is 0. The van der Waals surface area contributed by atoms with Crippen molar-refractivity contribution in [2.45, 2.75) is 96.8 Å². The van der Waals surface area contributed by atoms with Crippen LogP contribution in [-0.2, 0) is 4.79 Å². The van der Waals surface area contributed by atoms with Gasteiger partial charge < -0.3 is 0 Å². The van der Waals surface area contributed by atoms with Crippen molar-refractivity contribution in [1.82, 2.24) is 0 Å². The predicted octanol–water partition coefficient (Wildman–Crippen LogP) is 6.53. The molecule has 0 aromatic heterocycles. The maximum Gasteiger partial charge on any atom is 0.144 e. The summed E-state index contributed by atoms with van der Waals surface area (Å²) >= 11 is 0. The second-order valence-electron chi connectivity index (χ2n) is 9.16. The van der Waals surface area contributed by atoms with Crippen LogP contribution in [0.5, 0.6) is 0 Å². The van der Waals surface area contributed by atoms with Crippen LogP contribution < -0.4 is 0 Å². The maximum atomic E-state index is 13.2. The lowest BCUT2D eigenvalue weighted by molar-refractivity contribution is -0.124. The maximum absolute atomic E-state index is 13.2. The van der Waals surface area contributed by atoms with Gasteiger partial charge in [0.25, 0.3) is 0 Å². The number of hydrogen-bond acceptors (Lipinski definition) is 1. The van der Waals surface area contributed by atoms with E-state index in [1.54, 1.807) is 5.57 Å². The highest BCUT2D eigenvalue weighted by atomic mass is 16.1. The fourth-order valence-electron chi connectivity index (χ4n) is 6.72. The van der Waals surface area contributed by atoms with Gasteiger partial charge in [0, 0.05) is 11.8 Å². The lowest BCUT2D eigenvalue weighted by Crippen LogP contribution is -2.31. The number of carbonyl (C=O) groups is 1. The van der Waals surface area contributed by atoms with Crippen molar-refractivity contribution in [3.63, 3.8) is 0 Å². The Bertz CT molecular complexity index is 577. The highest BCUT2D eigenvalue weighted by Gasteiger charge is 2.64. The Kier molecular flexibility index (Phi) is 4.25. The van der Waals surface area contributed by atoms with Crippen LogP contribution in [-0.4, -0.2) is 5.78 Å². The average molecular weight is 327 g/mol. The molecule has 24 heavy (non-hydrogen) atoms. The van der Waals surface area contributed by atoms with E-state index in [0.717, 1.165) is 19.3 Å². The third kappa shape index (κ3) is 2.30. The van der Waals surface area contributed by atoms with Gasteiger partial charge in [-0.25, -0.2) is 0 Å². The number of Topliss-reactive ketones (excluding diaryl/α,β-unsaturated/α-hetero) is 1. The van der Waals surface area contributed by atoms with Crippen molar-refractivity contribution >= 4 is 5.78 Å². The molecule has 0 aliphatic heterocycles. The highest BCUT2D eigenvalue weighted by Crippen LogP contribution is 2.71. The molecule has 132 valence electrons. The van der Waals surface area contributed by atoms with Gasteiger partial charge in [0.05, 0.1) is 5.41 Å². The Labute approximate surface area is 148 Å². The van der Waals surface area contributed by atoms with Crippen LogP contribution in [0.3, 0.4) is 0 Å². The first-order chi connectivity index (χ1) is 11.6. The summed E-state index contributed by atoms with van der Waals surface area (Å²) in [4.78, 5) is 13.2. The Morgan fingerprint density at radius 1 is 1.17 bits per heavy atom. The molecule has 0 aromatic rings. The van der Waals surface area contributed by atoms with Crippen molar-refractivity contribution in [1.29, 1.82) is 0 Å². The molecule has 0 saturated heterocycles. The number of rotatable bonds is 7. The predicted molar refractivity (Wildman–Crippen MR) is 99.8 cm³/mol. The van der Waals surface area contributed by atoms with Gasteiger partial charge in [-0.1, -0.05) is 57.6 Å². The number of fused-ring (bicyclic) bond motifs is 1. The zero-order chi connectivity index (χ0) is 16.8. The lowest BCUT2D eigenvalue weighted by atomic mass is 9.69. The largest absolute Gasteiger partial charge is 0.299 e. The van der Waals surface area contributed by atoms with Gasteiger partial charge in [-0.3, -0.25) is 4.79 Å². The molecule has 3 fully saturated rings. The molecular weight excluding hydrogens is 292 g/mol. The lowest BCUT2D eigenvalue weighted by Gasteiger charge is -2.34. The number of carbonyl (C=O) groups excluding carboxylic acids is 1. The quantitative estimate of drug-likeness (QED) is 0.486. The summed E-state index contributed by atoms with van der Waals surface area (Å²) in [6.45, 7) is 6.88. The van der Waals surface area contributed by atoms with Crippen molar-refractivity contribution in [2.75, 3.05) is 0 Å². The van der Waals surface area contributed by atoms with Gasteiger partial charge in [0.1, 0.15) is 5.78 Å². The fourth-order valence-corrected chi connectivity index (χ4v) is 6.72. The summed E-state index contributed by atoms with van der Waals surface area (Å²) < 4.78 is 0. The molecule has 0 amide bonds. The van der Waals surface area contributed by atoms with Crippen molar-refractivity contribution in [3.8, 4) is 0 Å². The summed E-state index contributed by atoms with van der Waals surface area (Å²) in [7, 11) is 0. The second kappa shape index (κ2) is 6.15. The summed E-state index contributed by atoms with van der Waals surface area (Å²) in [5.74, 6) is 1.25. The second-order valence-corrected chi connectivity index (χ2v) is 9.16. The molecule has 1 nitrogen and oxygen atoms in total. The molecule has 0 radical (unpaired) electrons. The Balaban J connectivity index is 1.66. The Hall–Kier alpha value is -0.850. The van der Waals surface area contributed by atoms with E-state index in [2.05, 4.69) is 13.5 Å². The molecule has 1 spiro atoms. The van der Waals surface area contributed by atoms with Crippen LogP contribution in [0, 0.1) is 16.7 Å². The molecule has 0 aromatic carbocycles. The minimum atomic E-state index is -0.108. The van der Waals surface area contributed by atoms with E-state index in [-0.39, 0.29) is 10.8 Å². The molecule has 2 atom stereocenters. The van der Waals surface area contributed by atoms with Crippen LogP contribution >= 0.6 is 0 Å². The number of unbranched alkanes of at least 4 members (excludes halogenated alkanes) is 3. The van der Waals surface area contributed by atoms with Crippen LogP contribution in [0.4, 0.5) is 0 Å². The summed E-state index contributed by atoms with van der Waals surface area (Å²) in [5, 5.41) is 0. The minimum absolute atomic E-state index is 0.108. The van der Waals surface area contributed by atoms with Gasteiger partial charge in [-0.2, -0.15) is 0 Å². The molecule has 3 saturated carbocycles. The van der Waals surface area contributed by atoms with Crippen LogP contribution in [0.1, 0.15) is 96.8 Å². The van der Waals surface area contributed by atoms with Gasteiger partial charge in [0.2, 0.25) is 0 Å². The molecular formula is C23H34O. The Morgan fingerprint density at radius 3 is 2.71 bits per heavy atom. The minimum Gasteiger partial charge on any atom is -0.299 e. The molecule has 1 heteroatoms. The van der Waals surface area contributed by atoms with E-state index < -0.39 is 0 Å². The smallest absolute Gasteiger partial charge is 0.144 e. The average Bonchev–Trinajstić information content (AvgIpc) is 3.29. The molecule has 2 bridgehead atoms. The van der Waals surface area contributed by atoms with E-state index in [9.17, 15) is 4.79 Å². The standard InChI is InChI=1S/C23H34O/c1-3-4-5-8-14-23-16-22(15-20(23)24)13-9-12-19(22)21(23)17(2)18-10-6-7-11-18/h18H,2-16H2,1H3/t22-,23-/m1/s1. The van der Waals surface area contributed by atoms with Crippen molar-refractivity contribution < 1.29 is 4.79 Å². The van der Waals surface area contributed by atoms with Gasteiger partial charge in [0.15, 0.2) is 0 Å². The SMILES string of the molecule is C=C(C1=C2CCC[C@]23CC(=O)[C@@]1(CCCCCC)C3)C1CCCC1. The normalized spacial score (nSPS) is 35.3. The van der Waals surface area contributed by atoms with Gasteiger partial charge >= 0.3 is 0 Å². The summed E-state index contributed by atoms with van der Waals surface area (Å²) in [6, 6.07) is 0. The first-order valence-corrected chi connectivity index (χ1v) is 10.6. The van der Waals surface area contributed by atoms with Crippen LogP contribution in [0.25, 0.3) is 0 Å². The van der Waals surface area contributed by atoms with Crippen molar-refractivity contribution in [3.05, 3.63) is 23.3 Å². The first kappa shape index (κ1) is 16.6. The molecule has 4 rings (SSSR count). The van der Waals surface area contributed by atoms with E-state index in [1.165, 1.54) is 81.8 Å². The van der Waals surface area contributed by atoms with Gasteiger partial charge in [-0.15, -0.1) is 0 Å². The van der Waals surface area contributed by atoms with E-state index in [1.807, 2.05) is 0 Å². The molecule has 0 heterocycles. The van der Waals surface area contributed by atoms with E-state index in [0.29, 0.717) is 11.7 Å². The Morgan fingerprint density at radius 2 is 1.96 bits per heavy atom.